The minimum Gasteiger partial charge on any atom is -0.394 e. The molecule has 0 aliphatic heterocycles. The van der Waals surface area contributed by atoms with Gasteiger partial charge in [0.2, 0.25) is 0 Å². The number of hydrogen-bond donors (Lipinski definition) is 3. The third kappa shape index (κ3) is 2.14. The average Bonchev–Trinajstić information content (AvgIpc) is 1.62. The monoisotopic (exact) mass is 96.1 g/mol. The molecule has 0 spiro atoms. The van der Waals surface area contributed by atoms with Gasteiger partial charge in [0.25, 0.3) is 0 Å². The highest BCUT2D eigenvalue weighted by Crippen LogP contribution is 1.71. The first kappa shape index (κ1) is 1.78. The lowest BCUT2D eigenvalue weighted by Crippen LogP contribution is -2.15. The van der Waals surface area contributed by atoms with Crippen LogP contribution in [0.4, 0.5) is 0 Å². The third-order valence-electron chi connectivity index (χ3n) is 0.237. The summed E-state index contributed by atoms with van der Waals surface area (Å²) in [5.41, 5.74) is 0. The summed E-state index contributed by atoms with van der Waals surface area (Å²) in [5.74, 6) is 0. The molecule has 0 aromatic heterocycles. The molecule has 2 unspecified atom stereocenters. The van der Waals surface area contributed by atoms with Crippen LogP contribution < -0.4 is 0 Å². The van der Waals surface area contributed by atoms with E-state index in [0.717, 1.165) is 0 Å². The van der Waals surface area contributed by atoms with Crippen LogP contribution in [0.25, 0.3) is 0 Å². The van der Waals surface area contributed by atoms with Crippen molar-refractivity contribution >= 4 is 0 Å². The molecular weight excluding hydrogens is 84.0 g/mol. The van der Waals surface area contributed by atoms with Crippen molar-refractivity contribution in [1.82, 2.24) is 0 Å². The van der Waals surface area contributed by atoms with E-state index in [4.69, 9.17) is 20.8 Å². The van der Waals surface area contributed by atoms with Crippen molar-refractivity contribution in [2.75, 3.05) is 13.1 Å². The Labute approximate surface area is 41.5 Å². The van der Waals surface area contributed by atoms with Crippen LogP contribution in [-0.4, -0.2) is 34.5 Å². The predicted octanol–water partition coefficient (Wildman–Crippen LogP) is -1.67. The third-order valence-corrected chi connectivity index (χ3v) is 0.237. The van der Waals surface area contributed by atoms with Gasteiger partial charge in [-0.25, -0.2) is 0 Å². The number of hydrogen-bond acceptors (Lipinski definition) is 3. The second-order valence-electron chi connectivity index (χ2n) is 0.626. The second-order valence-corrected chi connectivity index (χ2v) is 0.626. The molecule has 0 amide bonds. The van der Waals surface area contributed by atoms with Crippen LogP contribution in [0.2, 0.25) is 0 Å². The fourth-order valence-electron chi connectivity index (χ4n) is 0.0289. The first-order valence-electron chi connectivity index (χ1n) is 3.32. The van der Waals surface area contributed by atoms with E-state index >= 15 is 0 Å². The van der Waals surface area contributed by atoms with E-state index in [1.807, 2.05) is 0 Å². The zero-order valence-corrected chi connectivity index (χ0v) is 2.92. The van der Waals surface area contributed by atoms with Crippen LogP contribution in [0.5, 0.6) is 0 Å². The van der Waals surface area contributed by atoms with Crippen LogP contribution in [0.15, 0.2) is 0 Å². The van der Waals surface area contributed by atoms with Crippen molar-refractivity contribution in [3.63, 3.8) is 0 Å². The van der Waals surface area contributed by atoms with E-state index in [9.17, 15) is 0 Å². The van der Waals surface area contributed by atoms with Gasteiger partial charge in [0, 0.05) is 0 Å². The molecule has 0 rings (SSSR count). The Morgan fingerprint density at radius 1 is 1.83 bits per heavy atom. The summed E-state index contributed by atoms with van der Waals surface area (Å²) in [7, 11) is 0. The second kappa shape index (κ2) is 3.08. The Kier molecular flexibility index (Phi) is 0.913. The summed E-state index contributed by atoms with van der Waals surface area (Å²) < 4.78 is 25.6. The topological polar surface area (TPSA) is 60.7 Å². The highest BCUT2D eigenvalue weighted by molar-refractivity contribution is 4.43. The van der Waals surface area contributed by atoms with Gasteiger partial charge in [-0.1, -0.05) is 0 Å². The molecule has 3 N–H and O–H groups in total. The van der Waals surface area contributed by atoms with Crippen LogP contribution in [-0.2, 0) is 0 Å². The van der Waals surface area contributed by atoms with Gasteiger partial charge in [-0.15, -0.1) is 0 Å². The molecule has 0 bridgehead atoms. The Morgan fingerprint density at radius 3 is 2.33 bits per heavy atom. The first-order valence-corrected chi connectivity index (χ1v) is 1.24. The van der Waals surface area contributed by atoms with Crippen molar-refractivity contribution in [3.05, 3.63) is 0 Å². The highest BCUT2D eigenvalue weighted by Gasteiger charge is 1.93. The van der Waals surface area contributed by atoms with Gasteiger partial charge >= 0.3 is 0 Å². The number of aliphatic hydroxyl groups is 3. The maximum Gasteiger partial charge on any atom is 0.100 e. The molecule has 38 valence electrons. The summed E-state index contributed by atoms with van der Waals surface area (Å²) in [6.45, 7) is -5.69. The van der Waals surface area contributed by atoms with E-state index in [2.05, 4.69) is 0 Å². The smallest absolute Gasteiger partial charge is 0.100 e. The lowest BCUT2D eigenvalue weighted by atomic mass is 10.4. The van der Waals surface area contributed by atoms with Crippen molar-refractivity contribution in [3.8, 4) is 0 Å². The standard InChI is InChI=1S/C3H8O3/c4-1-3(6)2-5/h3-6H,1-2H2/i1D,2D2,3D. The van der Waals surface area contributed by atoms with Crippen LogP contribution in [0, 0.1) is 0 Å². The van der Waals surface area contributed by atoms with Gasteiger partial charge in [0.05, 0.1) is 18.6 Å². The molecule has 0 aliphatic rings. The molecule has 0 radical (unpaired) electrons. The number of aliphatic hydroxyl groups excluding tert-OH is 1. The Hall–Kier alpha value is -0.120. The van der Waals surface area contributed by atoms with Gasteiger partial charge < -0.3 is 15.3 Å². The van der Waals surface area contributed by atoms with E-state index in [1.165, 1.54) is 0 Å². The first-order chi connectivity index (χ1) is 4.19. The van der Waals surface area contributed by atoms with Gasteiger partial charge in [0.1, 0.15) is 6.08 Å². The quantitative estimate of drug-likeness (QED) is 0.385. The lowest BCUT2D eigenvalue weighted by Gasteiger charge is -1.96. The minimum atomic E-state index is -3.30. The summed E-state index contributed by atoms with van der Waals surface area (Å²) in [5, 5.41) is 25.1. The van der Waals surface area contributed by atoms with Gasteiger partial charge in [-0.3, -0.25) is 0 Å². The summed E-state index contributed by atoms with van der Waals surface area (Å²) in [6.07, 6.45) is -3.20. The van der Waals surface area contributed by atoms with Crippen molar-refractivity contribution in [1.29, 1.82) is 0 Å². The zero-order chi connectivity index (χ0) is 8.58. The normalized spacial score (nSPS) is 37.2. The minimum absolute atomic E-state index is 2.40. The molecule has 3 nitrogen and oxygen atoms in total. The zero-order valence-electron chi connectivity index (χ0n) is 6.92. The maximum absolute atomic E-state index is 8.53. The number of rotatable bonds is 2. The van der Waals surface area contributed by atoms with E-state index in [0.29, 0.717) is 0 Å². The maximum atomic E-state index is 8.53. The van der Waals surface area contributed by atoms with Crippen LogP contribution in [0.3, 0.4) is 0 Å². The highest BCUT2D eigenvalue weighted by atomic mass is 16.3. The molecule has 0 saturated carbocycles. The van der Waals surface area contributed by atoms with Crippen molar-refractivity contribution in [2.24, 2.45) is 0 Å². The predicted molar refractivity (Wildman–Crippen MR) is 20.2 cm³/mol. The fraction of sp³-hybridized carbons (Fsp3) is 1.00. The van der Waals surface area contributed by atoms with Crippen molar-refractivity contribution in [2.45, 2.75) is 6.08 Å². The average molecular weight is 96.1 g/mol. The molecule has 0 aromatic carbocycles. The molecule has 3 heteroatoms. The molecule has 0 aliphatic carbocycles. The molecule has 0 aromatic rings. The molecule has 0 saturated heterocycles. The summed E-state index contributed by atoms with van der Waals surface area (Å²) in [4.78, 5) is 0. The molecule has 0 heterocycles. The molecule has 0 fully saturated rings. The Bertz CT molecular complexity index is 117. The molecule has 6 heavy (non-hydrogen) atoms. The molecule has 2 atom stereocenters. The SMILES string of the molecule is [2H]C(O)C([2H])(O)C([2H])([2H])O. The summed E-state index contributed by atoms with van der Waals surface area (Å²) in [6, 6.07) is 0. The van der Waals surface area contributed by atoms with Gasteiger partial charge in [-0.2, -0.15) is 0 Å². The fourth-order valence-corrected chi connectivity index (χ4v) is 0.0289. The van der Waals surface area contributed by atoms with E-state index in [-0.39, 0.29) is 0 Å². The van der Waals surface area contributed by atoms with E-state index < -0.39 is 19.2 Å². The largest absolute Gasteiger partial charge is 0.394 e. The van der Waals surface area contributed by atoms with Crippen LogP contribution >= 0.6 is 0 Å². The van der Waals surface area contributed by atoms with Gasteiger partial charge in [0.15, 0.2) is 0 Å². The summed E-state index contributed by atoms with van der Waals surface area (Å²) >= 11 is 0. The van der Waals surface area contributed by atoms with E-state index in [1.54, 1.807) is 0 Å². The lowest BCUT2D eigenvalue weighted by molar-refractivity contribution is 0.0450. The van der Waals surface area contributed by atoms with Crippen LogP contribution in [0.1, 0.15) is 5.48 Å². The molecular formula is C3H8O3. The van der Waals surface area contributed by atoms with Gasteiger partial charge in [-0.05, 0) is 0 Å². The Morgan fingerprint density at radius 2 is 2.33 bits per heavy atom. The Balaban J connectivity index is 4.40. The van der Waals surface area contributed by atoms with Crippen molar-refractivity contribution < 1.29 is 20.8 Å².